The third-order valence-corrected chi connectivity index (χ3v) is 4.77. The van der Waals surface area contributed by atoms with Crippen LogP contribution < -0.4 is 21.3 Å². The number of nitrogens with one attached hydrogen (secondary N) is 4. The first-order valence-corrected chi connectivity index (χ1v) is 9.69. The van der Waals surface area contributed by atoms with Crippen LogP contribution in [-0.4, -0.2) is 59.5 Å². The fourth-order valence-corrected chi connectivity index (χ4v) is 3.02. The van der Waals surface area contributed by atoms with Crippen LogP contribution in [0.1, 0.15) is 32.3 Å². The minimum absolute atomic E-state index is 0.254. The van der Waals surface area contributed by atoms with Gasteiger partial charge in [-0.25, -0.2) is 0 Å². The molecule has 0 saturated carbocycles. The SMILES string of the molecule is CC(NC(=O)C(C)NC(=O)C(Cc1ccccc1)NC(=O)C1CCCN1)C(=O)O. The average Bonchev–Trinajstić information content (AvgIpc) is 3.22. The number of amides is 3. The van der Waals surface area contributed by atoms with E-state index in [-0.39, 0.29) is 18.4 Å². The monoisotopic (exact) mass is 404 g/mol. The van der Waals surface area contributed by atoms with Gasteiger partial charge in [0.1, 0.15) is 18.1 Å². The highest BCUT2D eigenvalue weighted by atomic mass is 16.4. The van der Waals surface area contributed by atoms with Crippen LogP contribution >= 0.6 is 0 Å². The van der Waals surface area contributed by atoms with Crippen molar-refractivity contribution in [1.82, 2.24) is 21.3 Å². The van der Waals surface area contributed by atoms with Gasteiger partial charge in [0.2, 0.25) is 17.7 Å². The van der Waals surface area contributed by atoms with Crippen molar-refractivity contribution < 1.29 is 24.3 Å². The first kappa shape index (κ1) is 22.4. The molecule has 9 nitrogen and oxygen atoms in total. The van der Waals surface area contributed by atoms with Crippen molar-refractivity contribution in [1.29, 1.82) is 0 Å². The topological polar surface area (TPSA) is 137 Å². The van der Waals surface area contributed by atoms with Crippen molar-refractivity contribution >= 4 is 23.7 Å². The number of aliphatic carboxylic acids is 1. The molecule has 0 radical (unpaired) electrons. The number of hydrogen-bond donors (Lipinski definition) is 5. The normalized spacial score (nSPS) is 18.9. The first-order valence-electron chi connectivity index (χ1n) is 9.69. The molecule has 5 N–H and O–H groups in total. The molecule has 29 heavy (non-hydrogen) atoms. The van der Waals surface area contributed by atoms with Crippen LogP contribution in [0.15, 0.2) is 30.3 Å². The van der Waals surface area contributed by atoms with Gasteiger partial charge in [-0.1, -0.05) is 30.3 Å². The van der Waals surface area contributed by atoms with Gasteiger partial charge in [-0.2, -0.15) is 0 Å². The van der Waals surface area contributed by atoms with E-state index >= 15 is 0 Å². The van der Waals surface area contributed by atoms with Crippen molar-refractivity contribution in [2.75, 3.05) is 6.54 Å². The molecule has 2 rings (SSSR count). The van der Waals surface area contributed by atoms with Crippen molar-refractivity contribution in [2.45, 2.75) is 57.3 Å². The van der Waals surface area contributed by atoms with Gasteiger partial charge in [-0.15, -0.1) is 0 Å². The number of rotatable bonds is 9. The Hall–Kier alpha value is -2.94. The van der Waals surface area contributed by atoms with Gasteiger partial charge in [0.05, 0.1) is 6.04 Å². The highest BCUT2D eigenvalue weighted by Gasteiger charge is 2.29. The third kappa shape index (κ3) is 6.86. The molecule has 0 aliphatic carbocycles. The molecule has 9 heteroatoms. The number of carbonyl (C=O) groups is 4. The van der Waals surface area contributed by atoms with E-state index in [4.69, 9.17) is 5.11 Å². The molecule has 1 fully saturated rings. The van der Waals surface area contributed by atoms with Gasteiger partial charge in [0.25, 0.3) is 0 Å². The first-order chi connectivity index (χ1) is 13.8. The summed E-state index contributed by atoms with van der Waals surface area (Å²) in [5.74, 6) is -2.55. The summed E-state index contributed by atoms with van der Waals surface area (Å²) in [7, 11) is 0. The van der Waals surface area contributed by atoms with E-state index in [0.717, 1.165) is 18.5 Å². The Morgan fingerprint density at radius 3 is 2.28 bits per heavy atom. The molecular formula is C20H28N4O5. The van der Waals surface area contributed by atoms with Gasteiger partial charge in [0, 0.05) is 6.42 Å². The molecule has 1 saturated heterocycles. The van der Waals surface area contributed by atoms with Crippen LogP contribution in [0.3, 0.4) is 0 Å². The van der Waals surface area contributed by atoms with E-state index in [1.54, 1.807) is 0 Å². The lowest BCUT2D eigenvalue weighted by Gasteiger charge is -2.23. The molecule has 158 valence electrons. The Bertz CT molecular complexity index is 734. The minimum Gasteiger partial charge on any atom is -0.480 e. The fourth-order valence-electron chi connectivity index (χ4n) is 3.02. The summed E-state index contributed by atoms with van der Waals surface area (Å²) in [4.78, 5) is 48.3. The molecular weight excluding hydrogens is 376 g/mol. The summed E-state index contributed by atoms with van der Waals surface area (Å²) in [6, 6.07) is 6.02. The van der Waals surface area contributed by atoms with E-state index in [0.29, 0.717) is 6.42 Å². The van der Waals surface area contributed by atoms with Crippen LogP contribution in [0.5, 0.6) is 0 Å². The Labute approximate surface area is 169 Å². The molecule has 0 aromatic heterocycles. The lowest BCUT2D eigenvalue weighted by atomic mass is 10.0. The molecule has 0 bridgehead atoms. The summed E-state index contributed by atoms with van der Waals surface area (Å²) >= 11 is 0. The van der Waals surface area contributed by atoms with E-state index < -0.39 is 35.9 Å². The quantitative estimate of drug-likeness (QED) is 0.378. The molecule has 1 aromatic rings. The van der Waals surface area contributed by atoms with Crippen molar-refractivity contribution in [3.8, 4) is 0 Å². The zero-order valence-electron chi connectivity index (χ0n) is 16.6. The van der Waals surface area contributed by atoms with Gasteiger partial charge in [0.15, 0.2) is 0 Å². The summed E-state index contributed by atoms with van der Waals surface area (Å²) in [6.07, 6.45) is 1.87. The third-order valence-electron chi connectivity index (χ3n) is 4.77. The zero-order valence-corrected chi connectivity index (χ0v) is 16.6. The second-order valence-electron chi connectivity index (χ2n) is 7.20. The Kier molecular flexibility index (Phi) is 8.14. The smallest absolute Gasteiger partial charge is 0.325 e. The fraction of sp³-hybridized carbons (Fsp3) is 0.500. The van der Waals surface area contributed by atoms with E-state index in [1.165, 1.54) is 13.8 Å². The zero-order chi connectivity index (χ0) is 21.4. The van der Waals surface area contributed by atoms with Crippen LogP contribution in [0.2, 0.25) is 0 Å². The van der Waals surface area contributed by atoms with Crippen LogP contribution in [0.4, 0.5) is 0 Å². The lowest BCUT2D eigenvalue weighted by Crippen LogP contribution is -2.56. The maximum absolute atomic E-state index is 12.8. The second-order valence-corrected chi connectivity index (χ2v) is 7.20. The standard InChI is InChI=1S/C20H28N4O5/c1-12(17(25)23-13(2)20(28)29)22-19(27)16(11-14-7-4-3-5-8-14)24-18(26)15-9-6-10-21-15/h3-5,7-8,12-13,15-16,21H,6,9-11H2,1-2H3,(H,22,27)(H,23,25)(H,24,26)(H,28,29). The van der Waals surface area contributed by atoms with E-state index in [9.17, 15) is 19.2 Å². The molecule has 1 aliphatic heterocycles. The van der Waals surface area contributed by atoms with Gasteiger partial charge in [-0.05, 0) is 38.8 Å². The van der Waals surface area contributed by atoms with Crippen LogP contribution in [0, 0.1) is 0 Å². The average molecular weight is 404 g/mol. The molecule has 3 amide bonds. The van der Waals surface area contributed by atoms with Crippen molar-refractivity contribution in [2.24, 2.45) is 0 Å². The number of carboxylic acid groups (broad SMARTS) is 1. The Morgan fingerprint density at radius 2 is 1.69 bits per heavy atom. The van der Waals surface area contributed by atoms with Crippen molar-refractivity contribution in [3.63, 3.8) is 0 Å². The maximum atomic E-state index is 12.8. The molecule has 4 atom stereocenters. The number of benzene rings is 1. The molecule has 4 unspecified atom stereocenters. The molecule has 0 spiro atoms. The maximum Gasteiger partial charge on any atom is 0.325 e. The van der Waals surface area contributed by atoms with E-state index in [1.807, 2.05) is 30.3 Å². The van der Waals surface area contributed by atoms with Crippen LogP contribution in [-0.2, 0) is 25.6 Å². The summed E-state index contributed by atoms with van der Waals surface area (Å²) in [5, 5.41) is 19.6. The van der Waals surface area contributed by atoms with Gasteiger partial charge in [-0.3, -0.25) is 19.2 Å². The summed E-state index contributed by atoms with van der Waals surface area (Å²) < 4.78 is 0. The molecule has 1 aromatic carbocycles. The molecule has 1 heterocycles. The second kappa shape index (κ2) is 10.6. The Balaban J connectivity index is 2.03. The number of carbonyl (C=O) groups excluding carboxylic acids is 3. The summed E-state index contributed by atoms with van der Waals surface area (Å²) in [5.41, 5.74) is 0.865. The van der Waals surface area contributed by atoms with Crippen molar-refractivity contribution in [3.05, 3.63) is 35.9 Å². The summed E-state index contributed by atoms with van der Waals surface area (Å²) in [6.45, 7) is 3.55. The predicted molar refractivity (Wildman–Crippen MR) is 106 cm³/mol. The molecule has 1 aliphatic rings. The number of hydrogen-bond acceptors (Lipinski definition) is 5. The Morgan fingerprint density at radius 1 is 1.03 bits per heavy atom. The van der Waals surface area contributed by atoms with Gasteiger partial charge >= 0.3 is 5.97 Å². The highest BCUT2D eigenvalue weighted by molar-refractivity contribution is 5.94. The van der Waals surface area contributed by atoms with E-state index in [2.05, 4.69) is 21.3 Å². The van der Waals surface area contributed by atoms with Crippen LogP contribution in [0.25, 0.3) is 0 Å². The largest absolute Gasteiger partial charge is 0.480 e. The van der Waals surface area contributed by atoms with Gasteiger partial charge < -0.3 is 26.4 Å². The minimum atomic E-state index is -1.17. The number of carboxylic acids is 1. The predicted octanol–water partition coefficient (Wildman–Crippen LogP) is -0.440. The highest BCUT2D eigenvalue weighted by Crippen LogP contribution is 2.08. The lowest BCUT2D eigenvalue weighted by molar-refractivity contribution is -0.141.